The van der Waals surface area contributed by atoms with Crippen molar-refractivity contribution in [1.82, 2.24) is 24.6 Å². The van der Waals surface area contributed by atoms with Crippen molar-refractivity contribution in [2.24, 2.45) is 0 Å². The second-order valence-electron chi connectivity index (χ2n) is 9.90. The predicted octanol–water partition coefficient (Wildman–Crippen LogP) is 4.87. The number of pyridine rings is 1. The van der Waals surface area contributed by atoms with Gasteiger partial charge in [-0.3, -0.25) is 4.79 Å². The Kier molecular flexibility index (Phi) is 8.28. The number of rotatable bonds is 11. The Balaban J connectivity index is 1.30. The fraction of sp³-hybridized carbons (Fsp3) is 0.400. The number of carbonyl (C=O) groups is 1. The molecule has 1 amide bonds. The first-order valence-corrected chi connectivity index (χ1v) is 13.5. The maximum absolute atomic E-state index is 13.7. The van der Waals surface area contributed by atoms with E-state index < -0.39 is 0 Å². The summed E-state index contributed by atoms with van der Waals surface area (Å²) in [5.41, 5.74) is 1.99. The number of carbonyl (C=O) groups excluding carboxylic acids is 1. The lowest BCUT2D eigenvalue weighted by atomic mass is 10.0. The second-order valence-corrected chi connectivity index (χ2v) is 9.90. The quantitative estimate of drug-likeness (QED) is 0.289. The highest BCUT2D eigenvalue weighted by Gasteiger charge is 2.27. The van der Waals surface area contributed by atoms with Crippen LogP contribution in [0.15, 0.2) is 60.8 Å². The van der Waals surface area contributed by atoms with Crippen LogP contribution in [0.4, 0.5) is 5.82 Å². The molecule has 0 aliphatic heterocycles. The van der Waals surface area contributed by atoms with E-state index in [1.807, 2.05) is 41.9 Å². The van der Waals surface area contributed by atoms with Crippen molar-refractivity contribution in [2.75, 3.05) is 32.1 Å². The van der Waals surface area contributed by atoms with Gasteiger partial charge >= 0.3 is 0 Å². The molecule has 2 aromatic heterocycles. The third-order valence-electron chi connectivity index (χ3n) is 7.35. The summed E-state index contributed by atoms with van der Waals surface area (Å²) in [4.78, 5) is 24.9. The molecule has 38 heavy (non-hydrogen) atoms. The lowest BCUT2D eigenvalue weighted by molar-refractivity contribution is -0.132. The molecular formula is C30H36N6O2. The zero-order valence-electron chi connectivity index (χ0n) is 22.3. The zero-order chi connectivity index (χ0) is 26.3. The van der Waals surface area contributed by atoms with E-state index in [4.69, 9.17) is 14.8 Å². The summed E-state index contributed by atoms with van der Waals surface area (Å²) in [6.45, 7) is 4.48. The number of fused-ring (bicyclic) bond motifs is 1. The summed E-state index contributed by atoms with van der Waals surface area (Å²) in [6.07, 6.45) is 6.66. The summed E-state index contributed by atoms with van der Waals surface area (Å²) in [7, 11) is 1.68. The summed E-state index contributed by atoms with van der Waals surface area (Å²) in [5.74, 6) is 2.44. The molecule has 0 unspecified atom stereocenters. The van der Waals surface area contributed by atoms with E-state index in [9.17, 15) is 4.79 Å². The van der Waals surface area contributed by atoms with Crippen LogP contribution in [0.5, 0.6) is 0 Å². The molecule has 0 spiro atoms. The molecular weight excluding hydrogens is 476 g/mol. The number of nitrogens with zero attached hydrogens (tertiary/aromatic N) is 5. The molecule has 198 valence electrons. The van der Waals surface area contributed by atoms with Crippen molar-refractivity contribution < 1.29 is 9.53 Å². The number of ether oxygens (including phenoxy) is 1. The largest absolute Gasteiger partial charge is 0.383 e. The molecule has 0 saturated heterocycles. The topological polar surface area (TPSA) is 85.2 Å². The molecule has 0 bridgehead atoms. The minimum atomic E-state index is 0.187. The Labute approximate surface area is 224 Å². The first kappa shape index (κ1) is 25.9. The number of hydrogen-bond acceptors (Lipinski definition) is 6. The number of nitrogens with one attached hydrogen (secondary N) is 1. The van der Waals surface area contributed by atoms with Crippen LogP contribution in [0.25, 0.3) is 22.2 Å². The van der Waals surface area contributed by atoms with Gasteiger partial charge in [0.1, 0.15) is 11.6 Å². The minimum Gasteiger partial charge on any atom is -0.383 e. The van der Waals surface area contributed by atoms with Crippen LogP contribution < -0.4 is 5.32 Å². The fourth-order valence-electron chi connectivity index (χ4n) is 5.34. The predicted molar refractivity (Wildman–Crippen MR) is 150 cm³/mol. The van der Waals surface area contributed by atoms with Crippen LogP contribution in [-0.2, 0) is 22.5 Å². The van der Waals surface area contributed by atoms with E-state index in [0.717, 1.165) is 41.0 Å². The highest BCUT2D eigenvalue weighted by molar-refractivity contribution is 5.90. The highest BCUT2D eigenvalue weighted by Crippen LogP contribution is 2.26. The third-order valence-corrected chi connectivity index (χ3v) is 7.35. The highest BCUT2D eigenvalue weighted by atomic mass is 16.5. The maximum atomic E-state index is 13.7. The lowest BCUT2D eigenvalue weighted by Gasteiger charge is -2.29. The van der Waals surface area contributed by atoms with Gasteiger partial charge in [-0.2, -0.15) is 5.10 Å². The van der Waals surface area contributed by atoms with Crippen molar-refractivity contribution in [2.45, 2.75) is 51.6 Å². The Morgan fingerprint density at radius 1 is 1.13 bits per heavy atom. The summed E-state index contributed by atoms with van der Waals surface area (Å²) < 4.78 is 7.02. The number of aryl methyl sites for hydroxylation is 1. The average molecular weight is 513 g/mol. The Bertz CT molecular complexity index is 1370. The van der Waals surface area contributed by atoms with Gasteiger partial charge in [-0.25, -0.2) is 14.6 Å². The normalized spacial score (nSPS) is 13.7. The number of methoxy groups -OCH3 is 1. The van der Waals surface area contributed by atoms with Gasteiger partial charge in [-0.05, 0) is 48.2 Å². The van der Waals surface area contributed by atoms with E-state index >= 15 is 0 Å². The first-order chi connectivity index (χ1) is 18.6. The molecule has 1 aliphatic rings. The SMILES string of the molecule is COCCNc1cc(-c2nc(C)n(CCN(C(=O)Cc3cccc4ccccc34)C3CCCC3)n2)ccn1. The van der Waals surface area contributed by atoms with Crippen molar-refractivity contribution in [3.63, 3.8) is 0 Å². The molecule has 1 saturated carbocycles. The van der Waals surface area contributed by atoms with E-state index in [1.165, 1.54) is 18.2 Å². The minimum absolute atomic E-state index is 0.187. The Morgan fingerprint density at radius 2 is 1.95 bits per heavy atom. The van der Waals surface area contributed by atoms with Crippen molar-refractivity contribution in [3.8, 4) is 11.4 Å². The average Bonchev–Trinajstić information content (AvgIpc) is 3.60. The Hall–Kier alpha value is -3.78. The van der Waals surface area contributed by atoms with Gasteiger partial charge in [-0.15, -0.1) is 0 Å². The number of anilines is 1. The van der Waals surface area contributed by atoms with Crippen LogP contribution in [0.2, 0.25) is 0 Å². The second kappa shape index (κ2) is 12.2. The standard InChI is InChI=1S/C30H36N6O2/c1-22-33-30(25-14-15-31-28(20-25)32-16-19-38-2)34-36(22)18-17-35(26-11-4-5-12-26)29(37)21-24-10-7-9-23-8-3-6-13-27(23)24/h3,6-10,13-15,20,26H,4-5,11-12,16-19,21H2,1-2H3,(H,31,32). The molecule has 5 rings (SSSR count). The van der Waals surface area contributed by atoms with Gasteiger partial charge < -0.3 is 15.0 Å². The fourth-order valence-corrected chi connectivity index (χ4v) is 5.34. The van der Waals surface area contributed by atoms with E-state index in [2.05, 4.69) is 39.5 Å². The number of amides is 1. The van der Waals surface area contributed by atoms with Gasteiger partial charge in [0.25, 0.3) is 0 Å². The van der Waals surface area contributed by atoms with E-state index in [1.54, 1.807) is 13.3 Å². The monoisotopic (exact) mass is 512 g/mol. The van der Waals surface area contributed by atoms with Crippen molar-refractivity contribution in [1.29, 1.82) is 0 Å². The van der Waals surface area contributed by atoms with Crippen molar-refractivity contribution >= 4 is 22.5 Å². The number of aromatic nitrogens is 4. The van der Waals surface area contributed by atoms with E-state index in [-0.39, 0.29) is 5.91 Å². The van der Waals surface area contributed by atoms with Gasteiger partial charge in [-0.1, -0.05) is 55.3 Å². The molecule has 1 N–H and O–H groups in total. The van der Waals surface area contributed by atoms with Crippen LogP contribution in [0.1, 0.15) is 37.1 Å². The first-order valence-electron chi connectivity index (χ1n) is 13.5. The van der Waals surface area contributed by atoms with Gasteiger partial charge in [0.15, 0.2) is 5.82 Å². The van der Waals surface area contributed by atoms with Crippen molar-refractivity contribution in [3.05, 3.63) is 72.2 Å². The molecule has 2 heterocycles. The third kappa shape index (κ3) is 6.02. The molecule has 1 aliphatic carbocycles. The molecule has 0 atom stereocenters. The Morgan fingerprint density at radius 3 is 2.79 bits per heavy atom. The molecule has 8 nitrogen and oxygen atoms in total. The van der Waals surface area contributed by atoms with Gasteiger partial charge in [0, 0.05) is 38.0 Å². The van der Waals surface area contributed by atoms with Crippen LogP contribution in [-0.4, -0.2) is 63.4 Å². The maximum Gasteiger partial charge on any atom is 0.227 e. The summed E-state index contributed by atoms with van der Waals surface area (Å²) >= 11 is 0. The molecule has 8 heteroatoms. The smallest absolute Gasteiger partial charge is 0.227 e. The summed E-state index contributed by atoms with van der Waals surface area (Å²) in [6, 6.07) is 18.7. The van der Waals surface area contributed by atoms with Gasteiger partial charge in [0.2, 0.25) is 5.91 Å². The molecule has 2 aromatic carbocycles. The molecule has 0 radical (unpaired) electrons. The summed E-state index contributed by atoms with van der Waals surface area (Å²) in [5, 5.41) is 10.4. The van der Waals surface area contributed by atoms with Crippen LogP contribution >= 0.6 is 0 Å². The molecule has 1 fully saturated rings. The zero-order valence-corrected chi connectivity index (χ0v) is 22.3. The van der Waals surface area contributed by atoms with Gasteiger partial charge in [0.05, 0.1) is 19.6 Å². The van der Waals surface area contributed by atoms with E-state index in [0.29, 0.717) is 44.5 Å². The number of benzene rings is 2. The molecule has 4 aromatic rings. The lowest BCUT2D eigenvalue weighted by Crippen LogP contribution is -2.42. The van der Waals surface area contributed by atoms with Crippen LogP contribution in [0, 0.1) is 6.92 Å². The number of hydrogen-bond donors (Lipinski definition) is 1. The van der Waals surface area contributed by atoms with Crippen LogP contribution in [0.3, 0.4) is 0 Å².